The second-order valence-corrected chi connectivity index (χ2v) is 7.73. The van der Waals surface area contributed by atoms with Crippen LogP contribution in [0.2, 0.25) is 0 Å². The molecule has 4 rings (SSSR count). The number of carbonyl (C=O) groups excluding carboxylic acids is 1. The number of anilines is 1. The lowest BCUT2D eigenvalue weighted by atomic mass is 10.1. The summed E-state index contributed by atoms with van der Waals surface area (Å²) < 4.78 is 1.60. The molecule has 158 valence electrons. The number of benzene rings is 1. The first-order valence-electron chi connectivity index (χ1n) is 9.96. The Labute approximate surface area is 179 Å². The average Bonchev–Trinajstić information content (AvgIpc) is 3.34. The number of nitrogens with zero attached hydrogens (tertiary/aromatic N) is 5. The number of nitrogens with one attached hydrogen (secondary N) is 1. The monoisotopic (exact) mass is 418 g/mol. The summed E-state index contributed by atoms with van der Waals surface area (Å²) in [6.45, 7) is 2.22. The lowest BCUT2D eigenvalue weighted by Crippen LogP contribution is -2.35. The number of rotatable bonds is 6. The Morgan fingerprint density at radius 1 is 1.29 bits per heavy atom. The van der Waals surface area contributed by atoms with Gasteiger partial charge in [0.2, 0.25) is 5.78 Å². The molecule has 1 aromatic carbocycles. The van der Waals surface area contributed by atoms with E-state index >= 15 is 0 Å². The summed E-state index contributed by atoms with van der Waals surface area (Å²) in [4.78, 5) is 21.2. The van der Waals surface area contributed by atoms with Crippen molar-refractivity contribution in [2.24, 2.45) is 5.92 Å². The fraction of sp³-hybridized carbons (Fsp3) is 0.318. The molecule has 1 aliphatic carbocycles. The minimum absolute atomic E-state index is 0.0690. The lowest BCUT2D eigenvalue weighted by molar-refractivity contribution is 0.0210. The van der Waals surface area contributed by atoms with Gasteiger partial charge in [-0.15, -0.1) is 0 Å². The van der Waals surface area contributed by atoms with Gasteiger partial charge in [0.25, 0.3) is 0 Å². The van der Waals surface area contributed by atoms with Crippen LogP contribution in [-0.2, 0) is 6.54 Å². The van der Waals surface area contributed by atoms with Crippen LogP contribution < -0.4 is 5.32 Å². The first-order chi connectivity index (χ1) is 15.0. The van der Waals surface area contributed by atoms with Crippen LogP contribution in [0.4, 0.5) is 5.82 Å². The number of hydrogen-bond acceptors (Lipinski definition) is 8. The van der Waals surface area contributed by atoms with Gasteiger partial charge in [-0.1, -0.05) is 25.1 Å². The lowest BCUT2D eigenvalue weighted by Gasteiger charge is -2.19. The van der Waals surface area contributed by atoms with Crippen molar-refractivity contribution in [2.45, 2.75) is 38.1 Å². The van der Waals surface area contributed by atoms with Gasteiger partial charge in [0.15, 0.2) is 0 Å². The maximum absolute atomic E-state index is 13.1. The van der Waals surface area contributed by atoms with E-state index in [1.165, 1.54) is 12.5 Å². The van der Waals surface area contributed by atoms with Crippen LogP contribution in [0.1, 0.15) is 40.5 Å². The molecule has 1 fully saturated rings. The third kappa shape index (κ3) is 4.17. The Bertz CT molecular complexity index is 1140. The highest BCUT2D eigenvalue weighted by molar-refractivity contribution is 6.10. The van der Waals surface area contributed by atoms with Crippen LogP contribution in [0.15, 0.2) is 49.1 Å². The predicted octanol–water partition coefficient (Wildman–Crippen LogP) is 1.37. The average molecular weight is 418 g/mol. The van der Waals surface area contributed by atoms with Crippen molar-refractivity contribution < 1.29 is 15.0 Å². The Kier molecular flexibility index (Phi) is 5.75. The fourth-order valence-corrected chi connectivity index (χ4v) is 3.84. The molecule has 1 aliphatic rings. The normalized spacial score (nSPS) is 22.8. The van der Waals surface area contributed by atoms with Gasteiger partial charge in [0.05, 0.1) is 35.9 Å². The van der Waals surface area contributed by atoms with E-state index in [4.69, 9.17) is 0 Å². The molecule has 0 bridgehead atoms. The summed E-state index contributed by atoms with van der Waals surface area (Å²) in [5.74, 6) is -0.147. The quantitative estimate of drug-likeness (QED) is 0.511. The largest absolute Gasteiger partial charge is 0.390 e. The van der Waals surface area contributed by atoms with Crippen molar-refractivity contribution in [1.29, 1.82) is 5.26 Å². The van der Waals surface area contributed by atoms with Crippen LogP contribution in [-0.4, -0.2) is 54.0 Å². The Morgan fingerprint density at radius 3 is 2.84 bits per heavy atom. The Hall–Kier alpha value is -3.61. The number of nitriles is 1. The van der Waals surface area contributed by atoms with Gasteiger partial charge in [0.1, 0.15) is 23.9 Å². The van der Waals surface area contributed by atoms with Crippen molar-refractivity contribution in [1.82, 2.24) is 19.7 Å². The molecule has 3 aromatic rings. The van der Waals surface area contributed by atoms with E-state index in [0.717, 1.165) is 5.56 Å². The van der Waals surface area contributed by atoms with E-state index in [2.05, 4.69) is 26.5 Å². The van der Waals surface area contributed by atoms with E-state index in [1.807, 2.05) is 19.1 Å². The van der Waals surface area contributed by atoms with Gasteiger partial charge >= 0.3 is 0 Å². The standard InChI is InChI=1S/C22H22N6O3/c1-13-8-18(21(31)19(13)29)26-22-16(10-24-12-25-22)20(30)17-6-7-28(27-17)11-15-5-3-2-4-14(15)9-23/h2-7,10,12-13,18-19,21,29,31H,8,11H2,1H3,(H,24,25,26)/t13-,18-,19-,21+/m1/s1. The molecule has 9 heteroatoms. The Balaban J connectivity index is 1.54. The van der Waals surface area contributed by atoms with Crippen molar-refractivity contribution >= 4 is 11.6 Å². The van der Waals surface area contributed by atoms with Crippen LogP contribution >= 0.6 is 0 Å². The number of hydrogen-bond donors (Lipinski definition) is 3. The first-order valence-corrected chi connectivity index (χ1v) is 9.96. The van der Waals surface area contributed by atoms with E-state index in [-0.39, 0.29) is 28.8 Å². The number of carbonyl (C=O) groups is 1. The van der Waals surface area contributed by atoms with Gasteiger partial charge in [-0.25, -0.2) is 9.97 Å². The van der Waals surface area contributed by atoms with Crippen molar-refractivity contribution in [2.75, 3.05) is 5.32 Å². The molecule has 3 N–H and O–H groups in total. The third-order valence-corrected chi connectivity index (χ3v) is 5.59. The SMILES string of the molecule is C[C@@H]1C[C@@H](Nc2ncncc2C(=O)c2ccn(Cc3ccccc3C#N)n2)[C@H](O)[C@@H]1O. The van der Waals surface area contributed by atoms with Gasteiger partial charge < -0.3 is 15.5 Å². The summed E-state index contributed by atoms with van der Waals surface area (Å²) in [7, 11) is 0. The van der Waals surface area contributed by atoms with Gasteiger partial charge in [-0.3, -0.25) is 9.48 Å². The number of aliphatic hydroxyl groups is 2. The number of aromatic nitrogens is 4. The van der Waals surface area contributed by atoms with Crippen molar-refractivity contribution in [3.05, 3.63) is 71.4 Å². The highest BCUT2D eigenvalue weighted by atomic mass is 16.3. The fourth-order valence-electron chi connectivity index (χ4n) is 3.84. The molecule has 4 atom stereocenters. The predicted molar refractivity (Wildman–Crippen MR) is 111 cm³/mol. The first kappa shape index (κ1) is 20.7. The summed E-state index contributed by atoms with van der Waals surface area (Å²) in [6.07, 6.45) is 3.17. The van der Waals surface area contributed by atoms with E-state index in [9.17, 15) is 20.3 Å². The minimum Gasteiger partial charge on any atom is -0.390 e. The van der Waals surface area contributed by atoms with Gasteiger partial charge in [-0.2, -0.15) is 10.4 Å². The number of ketones is 1. The Morgan fingerprint density at radius 2 is 2.10 bits per heavy atom. The molecule has 31 heavy (non-hydrogen) atoms. The molecule has 0 aliphatic heterocycles. The molecule has 0 radical (unpaired) electrons. The van der Waals surface area contributed by atoms with E-state index in [1.54, 1.807) is 29.1 Å². The maximum atomic E-state index is 13.1. The summed E-state index contributed by atoms with van der Waals surface area (Å²) in [5.41, 5.74) is 1.81. The molecule has 9 nitrogen and oxygen atoms in total. The van der Waals surface area contributed by atoms with Gasteiger partial charge in [0, 0.05) is 12.4 Å². The second-order valence-electron chi connectivity index (χ2n) is 7.73. The zero-order valence-electron chi connectivity index (χ0n) is 16.9. The smallest absolute Gasteiger partial charge is 0.218 e. The molecular weight excluding hydrogens is 396 g/mol. The molecule has 1 saturated carbocycles. The molecule has 0 amide bonds. The summed E-state index contributed by atoms with van der Waals surface area (Å²) in [6, 6.07) is 10.6. The minimum atomic E-state index is -0.952. The molecule has 2 heterocycles. The zero-order valence-corrected chi connectivity index (χ0v) is 16.9. The van der Waals surface area contributed by atoms with E-state index in [0.29, 0.717) is 18.5 Å². The highest BCUT2D eigenvalue weighted by Crippen LogP contribution is 2.29. The molecule has 2 aromatic heterocycles. The maximum Gasteiger partial charge on any atom is 0.218 e. The third-order valence-electron chi connectivity index (χ3n) is 5.59. The zero-order chi connectivity index (χ0) is 22.0. The van der Waals surface area contributed by atoms with Crippen LogP contribution in [0.5, 0.6) is 0 Å². The number of aliphatic hydroxyl groups excluding tert-OH is 2. The molecule has 0 saturated heterocycles. The summed E-state index contributed by atoms with van der Waals surface area (Å²) >= 11 is 0. The van der Waals surface area contributed by atoms with Gasteiger partial charge in [-0.05, 0) is 30.0 Å². The van der Waals surface area contributed by atoms with Crippen LogP contribution in [0, 0.1) is 17.2 Å². The molecule has 0 unspecified atom stereocenters. The summed E-state index contributed by atoms with van der Waals surface area (Å²) in [5, 5.41) is 36.9. The van der Waals surface area contributed by atoms with Crippen molar-refractivity contribution in [3.63, 3.8) is 0 Å². The van der Waals surface area contributed by atoms with Crippen molar-refractivity contribution in [3.8, 4) is 6.07 Å². The molecule has 0 spiro atoms. The highest BCUT2D eigenvalue weighted by Gasteiger charge is 2.39. The van der Waals surface area contributed by atoms with Crippen LogP contribution in [0.3, 0.4) is 0 Å². The topological polar surface area (TPSA) is 137 Å². The van der Waals surface area contributed by atoms with E-state index < -0.39 is 18.2 Å². The second kappa shape index (κ2) is 8.63. The molecular formula is C22H22N6O3. The van der Waals surface area contributed by atoms with Crippen LogP contribution in [0.25, 0.3) is 0 Å².